The summed E-state index contributed by atoms with van der Waals surface area (Å²) in [4.78, 5) is 234. The number of carbonyl (C=O) groups is 15. The second-order valence-corrected chi connectivity index (χ2v) is 41.0. The van der Waals surface area contributed by atoms with Gasteiger partial charge in [0.2, 0.25) is 88.6 Å². The van der Waals surface area contributed by atoms with E-state index in [-0.39, 0.29) is 94.9 Å². The third kappa shape index (κ3) is 36.0. The minimum absolute atomic E-state index is 0.0000784. The topological polar surface area (TPSA) is 537 Å². The summed E-state index contributed by atoms with van der Waals surface area (Å²) in [6.45, 7) is 27.4. The van der Waals surface area contributed by atoms with Gasteiger partial charge >= 0.3 is 0 Å². The summed E-state index contributed by atoms with van der Waals surface area (Å²) >= 11 is 0. The number of hydrogen-bond donors (Lipinski definition) is 16. The molecule has 3 aliphatic carbocycles. The van der Waals surface area contributed by atoms with Gasteiger partial charge in [-0.2, -0.15) is 0 Å². The number of nitrogens with one attached hydrogen (secondary N) is 12. The van der Waals surface area contributed by atoms with E-state index in [0.717, 1.165) is 83.5 Å². The molecule has 0 bridgehead atoms. The third-order valence-electron chi connectivity index (χ3n) is 28.9. The molecule has 15 amide bonds. The summed E-state index contributed by atoms with van der Waals surface area (Å²) in [7, 11) is 4.67. The first-order valence-electron chi connectivity index (χ1n) is 51.7. The number of aliphatic hydroxyl groups is 1. The Balaban J connectivity index is 1.32. The molecule has 6 fully saturated rings. The van der Waals surface area contributed by atoms with Crippen LogP contribution in [0.2, 0.25) is 0 Å². The Morgan fingerprint density at radius 3 is 1.14 bits per heavy atom. The second kappa shape index (κ2) is 59.4. The van der Waals surface area contributed by atoms with E-state index in [9.17, 15) is 33.9 Å². The predicted octanol–water partition coefficient (Wildman–Crippen LogP) is 1.26. The number of unbranched alkanes of at least 4 members (excludes halogenated alkanes) is 4. The number of rotatable bonds is 34. The van der Waals surface area contributed by atoms with Crippen LogP contribution in [0.25, 0.3) is 0 Å². The van der Waals surface area contributed by atoms with Gasteiger partial charge in [0.25, 0.3) is 0 Å². The first-order chi connectivity index (χ1) is 65.1. The normalized spacial score (nSPS) is 29.1. The van der Waals surface area contributed by atoms with Crippen LogP contribution in [0.15, 0.2) is 0 Å². The number of carbonyl (C=O) groups excluding carboxylic acids is 15. The Labute approximate surface area is 815 Å². The van der Waals surface area contributed by atoms with Gasteiger partial charge in [-0.3, -0.25) is 86.6 Å². The lowest BCUT2D eigenvalue weighted by molar-refractivity contribution is -0.145. The number of amides is 15. The molecule has 19 N–H and O–H groups in total. The van der Waals surface area contributed by atoms with Crippen molar-refractivity contribution in [2.75, 3.05) is 113 Å². The van der Waals surface area contributed by atoms with Crippen LogP contribution >= 0.6 is 0 Å². The van der Waals surface area contributed by atoms with Crippen molar-refractivity contribution in [3.63, 3.8) is 0 Å². The molecule has 3 heterocycles. The molecule has 0 aromatic rings. The summed E-state index contributed by atoms with van der Waals surface area (Å²) in [6.07, 6.45) is 13.0. The molecule has 39 nitrogen and oxygen atoms in total. The molecule has 0 aromatic carbocycles. The van der Waals surface area contributed by atoms with Crippen molar-refractivity contribution in [2.24, 2.45) is 64.5 Å². The van der Waals surface area contributed by atoms with E-state index in [1.165, 1.54) is 35.7 Å². The van der Waals surface area contributed by atoms with Crippen molar-refractivity contribution in [1.29, 1.82) is 0 Å². The molecule has 6 rings (SSSR count). The average molecular weight is 1940 g/mol. The van der Waals surface area contributed by atoms with Gasteiger partial charge in [0, 0.05) is 99.8 Å². The van der Waals surface area contributed by atoms with E-state index in [2.05, 4.69) is 70.7 Å². The van der Waals surface area contributed by atoms with E-state index in [1.807, 2.05) is 56.2 Å². The maximum absolute atomic E-state index is 15.8. The van der Waals surface area contributed by atoms with E-state index in [0.29, 0.717) is 83.8 Å². The maximum Gasteiger partial charge on any atom is 0.245 e. The fraction of sp³-hybridized carbons (Fsp3) is 0.847. The molecule has 21 atom stereocenters. The number of ether oxygens (including phenoxy) is 2. The highest BCUT2D eigenvalue weighted by Crippen LogP contribution is 2.32. The van der Waals surface area contributed by atoms with Gasteiger partial charge < -0.3 is 110 Å². The molecule has 2 unspecified atom stereocenters. The molecule has 3 saturated heterocycles. The van der Waals surface area contributed by atoms with Crippen molar-refractivity contribution in [3.05, 3.63) is 0 Å². The highest BCUT2D eigenvalue weighted by molar-refractivity contribution is 6.00. The second-order valence-electron chi connectivity index (χ2n) is 41.0. The average Bonchev–Trinajstić information content (AvgIpc) is 0.828. The Morgan fingerprint density at radius 2 is 0.723 bits per heavy atom. The lowest BCUT2D eigenvalue weighted by Gasteiger charge is -2.38. The number of nitrogens with zero attached hydrogens (tertiary/aromatic N) is 6. The summed E-state index contributed by atoms with van der Waals surface area (Å²) < 4.78 is 13.2. The summed E-state index contributed by atoms with van der Waals surface area (Å²) in [5.74, 6) is -12.1. The zero-order chi connectivity index (χ0) is 102. The molecule has 6 aliphatic rings. The highest BCUT2D eigenvalue weighted by Gasteiger charge is 2.46. The van der Waals surface area contributed by atoms with Crippen LogP contribution in [-0.4, -0.2) is 345 Å². The highest BCUT2D eigenvalue weighted by atomic mass is 16.5. The number of aliphatic hydroxyl groups excluding tert-OH is 1. The Kier molecular flexibility index (Phi) is 50.9. The molecule has 782 valence electrons. The van der Waals surface area contributed by atoms with Crippen LogP contribution in [0.1, 0.15) is 264 Å². The number of likely N-dealkylation sites (N-methyl/N-ethyl adjacent to an activating group) is 3. The maximum atomic E-state index is 15.8. The number of nitrogens with two attached hydrogens (primary N) is 3. The van der Waals surface area contributed by atoms with Crippen LogP contribution in [0.5, 0.6) is 0 Å². The molecule has 137 heavy (non-hydrogen) atoms. The predicted molar refractivity (Wildman–Crippen MR) is 523 cm³/mol. The quantitative estimate of drug-likeness (QED) is 0.0403. The minimum Gasteiger partial charge on any atom is -0.391 e. The summed E-state index contributed by atoms with van der Waals surface area (Å²) in [6, 6.07) is -18.3. The molecule has 3 aliphatic heterocycles. The van der Waals surface area contributed by atoms with Crippen LogP contribution in [0.4, 0.5) is 0 Å². The van der Waals surface area contributed by atoms with Crippen molar-refractivity contribution in [2.45, 2.75) is 373 Å². The van der Waals surface area contributed by atoms with Crippen LogP contribution in [0, 0.1) is 47.3 Å². The van der Waals surface area contributed by atoms with Crippen molar-refractivity contribution < 1.29 is 86.5 Å². The van der Waals surface area contributed by atoms with Crippen LogP contribution in [0.3, 0.4) is 0 Å². The standard InChI is InChI=1S/C98H177N21O18/c1-19-22-24-33-44-117-45-40-102-90(127)79(65(13)120)109-84(121)71(52-99)105-93(130)78(62(10)21-3)108-88(125)75(114(16)96(133)63(117)11)50-60(8)56-136-67(15)81-92(129)104-42-47-119(55-68-34-31-32-35-68)64(12)97(134)115(17)76(89(126)113-83(70-38-29-26-30-39-70)95(132)107-73(54-101)86(123)111-81)51-61(9)57-137-66(14)80-91(128)103-41-46-118(43-23-20-2)77(49-59(6)7)98(135)116(18)74(48-58(4)5)87(124)112-82(69-36-27-25-28-37-69)94(131)106-72(53-100)85(122)110-80/h58-83,120H,19-57,99-101H2,1-18H3,(H,102,127)(H,103,128)(H,104,129)(H,105,130)(H,106,131)(H,107,132)(H,108,125)(H,109,121)(H,110,122)(H,111,123)(H,112,124)(H,113,126)/t60?,61?,62-,63+,64+,65+,66+,67+,71+,72+,73+,74+,75+,76+,77+,78+,79+,80+,81+,82+,83+/m1/s1. The van der Waals surface area contributed by atoms with Gasteiger partial charge in [0.15, 0.2) is 0 Å². The monoisotopic (exact) mass is 1940 g/mol. The van der Waals surface area contributed by atoms with Gasteiger partial charge in [-0.05, 0) is 172 Å². The minimum atomic E-state index is -1.50. The largest absolute Gasteiger partial charge is 0.391 e. The van der Waals surface area contributed by atoms with Crippen molar-refractivity contribution >= 4 is 88.6 Å². The van der Waals surface area contributed by atoms with Gasteiger partial charge in [0.1, 0.15) is 72.5 Å². The summed E-state index contributed by atoms with van der Waals surface area (Å²) in [5.41, 5.74) is 18.9. The first kappa shape index (κ1) is 117. The lowest BCUT2D eigenvalue weighted by Crippen LogP contribution is -2.63. The lowest BCUT2D eigenvalue weighted by atomic mass is 9.83. The Hall–Kier alpha value is -8.31. The van der Waals surface area contributed by atoms with Gasteiger partial charge in [0.05, 0.1) is 36.4 Å². The molecule has 0 aromatic heterocycles. The van der Waals surface area contributed by atoms with E-state index in [4.69, 9.17) is 26.7 Å². The van der Waals surface area contributed by atoms with Gasteiger partial charge in [-0.1, -0.05) is 153 Å². The molecule has 0 radical (unpaired) electrons. The molecular weight excluding hydrogens is 1760 g/mol. The number of hydrogen-bond acceptors (Lipinski definition) is 24. The van der Waals surface area contributed by atoms with Crippen molar-refractivity contribution in [3.8, 4) is 0 Å². The Bertz CT molecular complexity index is 3850. The van der Waals surface area contributed by atoms with E-state index >= 15 is 43.2 Å². The molecular formula is C98H177N21O18. The SMILES string of the molecule is CCCCCCN1CCNC(=O)[C@H]([C@H](C)O)NC(=O)[C@H](CN)NC(=O)[C@H]([C@H](C)CC)NC(=O)[C@H](CC(C)CO[C@@H](C)[C@@H]2NC(=O)[C@H](CN)NC(=O)[C@H](C3CCCCC3)NC(=O)[C@H](CC(C)CO[C@@H](C)[C@@H]3NC(=O)[C@H](CN)NC(=O)[C@H](C4CCCCC4)NC(=O)[C@H](CC(C)C)N(C)C(=O)[C@H](CC(C)C)N(CCCC)CCNC3=O)N(C)C(=O)[C@H](C)N(CC3CCCC3)CCNC2=O)N(C)C(=O)[C@@H]1C. The van der Waals surface area contributed by atoms with Crippen molar-refractivity contribution in [1.82, 2.24) is 93.2 Å². The molecule has 0 spiro atoms. The van der Waals surface area contributed by atoms with Crippen LogP contribution in [-0.2, 0) is 81.4 Å². The van der Waals surface area contributed by atoms with E-state index in [1.54, 1.807) is 55.5 Å². The Morgan fingerprint density at radius 1 is 0.365 bits per heavy atom. The fourth-order valence-electron chi connectivity index (χ4n) is 19.9. The third-order valence-corrected chi connectivity index (χ3v) is 28.9. The summed E-state index contributed by atoms with van der Waals surface area (Å²) in [5, 5.41) is 45.1. The first-order valence-corrected chi connectivity index (χ1v) is 51.7. The molecule has 39 heteroatoms. The smallest absolute Gasteiger partial charge is 0.245 e. The van der Waals surface area contributed by atoms with Gasteiger partial charge in [-0.15, -0.1) is 0 Å². The fourth-order valence-corrected chi connectivity index (χ4v) is 19.9. The van der Waals surface area contributed by atoms with E-state index < -0.39 is 235 Å². The zero-order valence-corrected chi connectivity index (χ0v) is 85.9. The van der Waals surface area contributed by atoms with Crippen LogP contribution < -0.4 is 81.0 Å². The zero-order valence-electron chi connectivity index (χ0n) is 85.9. The van der Waals surface area contributed by atoms with Gasteiger partial charge in [-0.25, -0.2) is 0 Å². The molecule has 3 saturated carbocycles.